The third-order valence-corrected chi connectivity index (χ3v) is 3.51. The van der Waals surface area contributed by atoms with Gasteiger partial charge in [-0.05, 0) is 18.3 Å². The molecule has 1 fully saturated rings. The Hall–Kier alpha value is 0.0934. The molecule has 15 heavy (non-hydrogen) atoms. The molecule has 5 atom stereocenters. The number of carboxylic acids is 1. The normalized spacial score (nSPS) is 36.3. The van der Waals surface area contributed by atoms with Gasteiger partial charge >= 0.3 is 25.4 Å². The number of rotatable bonds is 2. The molecule has 5 unspecified atom stereocenters. The summed E-state index contributed by atoms with van der Waals surface area (Å²) in [5, 5.41) is 9.03. The van der Waals surface area contributed by atoms with Gasteiger partial charge in [0.25, 0.3) is 0 Å². The van der Waals surface area contributed by atoms with Crippen molar-refractivity contribution in [3.05, 3.63) is 14.4 Å². The van der Waals surface area contributed by atoms with Crippen molar-refractivity contribution in [3.63, 3.8) is 0 Å². The molecule has 0 spiro atoms. The summed E-state index contributed by atoms with van der Waals surface area (Å²) < 4.78 is 0. The van der Waals surface area contributed by atoms with Crippen LogP contribution in [-0.4, -0.2) is 11.1 Å². The van der Waals surface area contributed by atoms with Gasteiger partial charge in [0.15, 0.2) is 0 Å². The van der Waals surface area contributed by atoms with Crippen LogP contribution < -0.4 is 0 Å². The molecule has 0 aromatic heterocycles. The van der Waals surface area contributed by atoms with Gasteiger partial charge in [-0.3, -0.25) is 4.79 Å². The SMILES string of the molecule is [CH2-]C(C)C1CC(C)C(C(=O)O)C1C.[CH3-].[Rh+2]. The first-order valence-electron chi connectivity index (χ1n) is 5.01. The fraction of sp³-hybridized carbons (Fsp3) is 0.750. The van der Waals surface area contributed by atoms with E-state index in [2.05, 4.69) is 20.8 Å². The number of aliphatic carboxylic acids is 1. The maximum Gasteiger partial charge on any atom is 2.00 e. The molecule has 1 N–H and O–H groups in total. The summed E-state index contributed by atoms with van der Waals surface area (Å²) in [6.07, 6.45) is 1.02. The van der Waals surface area contributed by atoms with Crippen LogP contribution in [-0.2, 0) is 24.3 Å². The predicted molar refractivity (Wildman–Crippen MR) is 58.5 cm³/mol. The minimum absolute atomic E-state index is 0. The number of carboxylic acid groups (broad SMARTS) is 1. The van der Waals surface area contributed by atoms with E-state index < -0.39 is 5.97 Å². The number of hydrogen-bond donors (Lipinski definition) is 1. The molecule has 0 aromatic carbocycles. The number of hydrogen-bond acceptors (Lipinski definition) is 1. The fourth-order valence-electron chi connectivity index (χ4n) is 2.79. The van der Waals surface area contributed by atoms with Gasteiger partial charge < -0.3 is 19.5 Å². The average Bonchev–Trinajstić information content (AvgIpc) is 2.26. The van der Waals surface area contributed by atoms with Gasteiger partial charge in [-0.1, -0.05) is 26.7 Å². The van der Waals surface area contributed by atoms with Crippen molar-refractivity contribution in [1.82, 2.24) is 0 Å². The predicted octanol–water partition coefficient (Wildman–Crippen LogP) is 2.90. The van der Waals surface area contributed by atoms with Gasteiger partial charge in [-0.2, -0.15) is 5.92 Å². The summed E-state index contributed by atoms with van der Waals surface area (Å²) >= 11 is 0. The summed E-state index contributed by atoms with van der Waals surface area (Å²) in [6, 6.07) is 0. The van der Waals surface area contributed by atoms with Crippen LogP contribution in [0.3, 0.4) is 0 Å². The molecule has 0 bridgehead atoms. The van der Waals surface area contributed by atoms with Gasteiger partial charge in [0.1, 0.15) is 0 Å². The standard InChI is InChI=1S/C11H19O2.CH3.Rh/c1-6(2)9-5-7(3)10(8(9)4)11(12)13;;/h6-10H,1,5H2,2-4H3,(H,12,13);1H3;/q2*-1;+2. The van der Waals surface area contributed by atoms with Crippen LogP contribution in [0.25, 0.3) is 0 Å². The third-order valence-electron chi connectivity index (χ3n) is 3.51. The summed E-state index contributed by atoms with van der Waals surface area (Å²) in [5.41, 5.74) is 0. The van der Waals surface area contributed by atoms with Gasteiger partial charge in [0.2, 0.25) is 0 Å². The molecule has 1 saturated carbocycles. The molecule has 0 amide bonds. The Morgan fingerprint density at radius 3 is 2.13 bits per heavy atom. The molecule has 0 saturated heterocycles. The molecular weight excluding hydrogens is 279 g/mol. The van der Waals surface area contributed by atoms with Gasteiger partial charge in [0, 0.05) is 0 Å². The van der Waals surface area contributed by atoms with Crippen molar-refractivity contribution in [3.8, 4) is 0 Å². The average molecular weight is 301 g/mol. The van der Waals surface area contributed by atoms with Gasteiger partial charge in [0.05, 0.1) is 5.92 Å². The molecule has 1 aliphatic carbocycles. The van der Waals surface area contributed by atoms with Crippen LogP contribution in [0.4, 0.5) is 0 Å². The first kappa shape index (κ1) is 17.5. The van der Waals surface area contributed by atoms with Crippen molar-refractivity contribution < 1.29 is 29.4 Å². The summed E-state index contributed by atoms with van der Waals surface area (Å²) in [5.74, 6) is 0.636. The zero-order valence-corrected chi connectivity index (χ0v) is 11.6. The zero-order chi connectivity index (χ0) is 10.2. The third kappa shape index (κ3) is 3.55. The quantitative estimate of drug-likeness (QED) is 0.629. The van der Waals surface area contributed by atoms with Crippen LogP contribution in [0.2, 0.25) is 0 Å². The van der Waals surface area contributed by atoms with Crippen molar-refractivity contribution in [2.24, 2.45) is 29.6 Å². The van der Waals surface area contributed by atoms with E-state index in [9.17, 15) is 4.79 Å². The van der Waals surface area contributed by atoms with Crippen molar-refractivity contribution in [2.45, 2.75) is 27.2 Å². The monoisotopic (exact) mass is 301 g/mol. The molecule has 0 heterocycles. The fourth-order valence-corrected chi connectivity index (χ4v) is 2.79. The summed E-state index contributed by atoms with van der Waals surface area (Å²) in [7, 11) is 0. The van der Waals surface area contributed by atoms with E-state index in [-0.39, 0.29) is 38.7 Å². The van der Waals surface area contributed by atoms with Crippen molar-refractivity contribution in [1.29, 1.82) is 0 Å². The Kier molecular flexibility index (Phi) is 7.73. The minimum atomic E-state index is -0.636. The van der Waals surface area contributed by atoms with Gasteiger partial charge in [-0.25, -0.2) is 0 Å². The van der Waals surface area contributed by atoms with E-state index in [0.717, 1.165) is 6.42 Å². The molecule has 0 aliphatic heterocycles. The Labute approximate surface area is 107 Å². The van der Waals surface area contributed by atoms with E-state index >= 15 is 0 Å². The van der Waals surface area contributed by atoms with Crippen molar-refractivity contribution >= 4 is 5.97 Å². The second-order valence-corrected chi connectivity index (χ2v) is 4.58. The largest absolute Gasteiger partial charge is 2.00 e. The van der Waals surface area contributed by atoms with Crippen LogP contribution >= 0.6 is 0 Å². The van der Waals surface area contributed by atoms with Crippen LogP contribution in [0.1, 0.15) is 27.2 Å². The van der Waals surface area contributed by atoms with E-state index in [1.54, 1.807) is 0 Å². The van der Waals surface area contributed by atoms with Gasteiger partial charge in [-0.15, -0.1) is 0 Å². The van der Waals surface area contributed by atoms with E-state index in [0.29, 0.717) is 17.8 Å². The second-order valence-electron chi connectivity index (χ2n) is 4.58. The molecule has 3 heteroatoms. The number of carbonyl (C=O) groups is 1. The Morgan fingerprint density at radius 2 is 1.93 bits per heavy atom. The molecular formula is C12H22O2Rh. The minimum Gasteiger partial charge on any atom is -0.481 e. The summed E-state index contributed by atoms with van der Waals surface area (Å²) in [6.45, 7) is 10.2. The maximum absolute atomic E-state index is 11.0. The maximum atomic E-state index is 11.0. The Morgan fingerprint density at radius 1 is 1.47 bits per heavy atom. The Balaban J connectivity index is 0. The van der Waals surface area contributed by atoms with Crippen LogP contribution in [0.5, 0.6) is 0 Å². The Bertz CT molecular complexity index is 204. The smallest absolute Gasteiger partial charge is 0.481 e. The van der Waals surface area contributed by atoms with E-state index in [1.165, 1.54) is 0 Å². The molecule has 1 aliphatic rings. The zero-order valence-electron chi connectivity index (χ0n) is 9.99. The van der Waals surface area contributed by atoms with E-state index in [1.807, 2.05) is 6.92 Å². The molecule has 91 valence electrons. The molecule has 1 radical (unpaired) electrons. The first-order valence-corrected chi connectivity index (χ1v) is 5.01. The van der Waals surface area contributed by atoms with E-state index in [4.69, 9.17) is 5.11 Å². The molecule has 0 aromatic rings. The molecule has 2 nitrogen and oxygen atoms in total. The molecule has 1 rings (SSSR count). The van der Waals surface area contributed by atoms with Crippen LogP contribution in [0, 0.1) is 43.9 Å². The van der Waals surface area contributed by atoms with Crippen molar-refractivity contribution in [2.75, 3.05) is 0 Å². The first-order chi connectivity index (χ1) is 5.95. The topological polar surface area (TPSA) is 37.3 Å². The van der Waals surface area contributed by atoms with Crippen LogP contribution in [0.15, 0.2) is 0 Å². The second kappa shape index (κ2) is 6.63. The summed E-state index contributed by atoms with van der Waals surface area (Å²) in [4.78, 5) is 11.0.